The number of hydrogen-bond acceptors (Lipinski definition) is 6. The average Bonchev–Trinajstić information content (AvgIpc) is 2.67. The number of nitrogens with two attached hydrogens (primary N) is 1. The highest BCUT2D eigenvalue weighted by Gasteiger charge is 2.14. The molecule has 0 spiro atoms. The van der Waals surface area contributed by atoms with Crippen LogP contribution in [0.25, 0.3) is 20.3 Å². The van der Waals surface area contributed by atoms with Crippen LogP contribution in [-0.4, -0.2) is 14.9 Å². The molecule has 0 radical (unpaired) electrons. The highest BCUT2D eigenvalue weighted by molar-refractivity contribution is 7.25. The van der Waals surface area contributed by atoms with Gasteiger partial charge in [0.25, 0.3) is 11.2 Å². The van der Waals surface area contributed by atoms with Gasteiger partial charge in [-0.3, -0.25) is 19.9 Å². The molecule has 0 aliphatic rings. The predicted molar refractivity (Wildman–Crippen MR) is 68.8 cm³/mol. The number of nitrogen functional groups attached to an aromatic ring is 1. The Balaban J connectivity index is 2.51. The quantitative estimate of drug-likeness (QED) is 0.510. The molecule has 8 heteroatoms. The summed E-state index contributed by atoms with van der Waals surface area (Å²) in [6.45, 7) is 0. The van der Waals surface area contributed by atoms with Gasteiger partial charge in [-0.25, -0.2) is 4.98 Å². The highest BCUT2D eigenvalue weighted by atomic mass is 32.1. The normalized spacial score (nSPS) is 11.1. The first-order valence-electron chi connectivity index (χ1n) is 4.93. The fourth-order valence-corrected chi connectivity index (χ4v) is 2.79. The first kappa shape index (κ1) is 10.7. The van der Waals surface area contributed by atoms with Gasteiger partial charge in [0.1, 0.15) is 4.70 Å². The molecule has 2 aromatic heterocycles. The molecule has 18 heavy (non-hydrogen) atoms. The number of nitrogens with zero attached hydrogens (tertiary/aromatic N) is 2. The van der Waals surface area contributed by atoms with Crippen LogP contribution in [0.15, 0.2) is 23.0 Å². The van der Waals surface area contributed by atoms with Crippen LogP contribution in [-0.2, 0) is 0 Å². The van der Waals surface area contributed by atoms with Gasteiger partial charge < -0.3 is 5.73 Å². The number of thiophene rings is 1. The second kappa shape index (κ2) is 3.50. The maximum absolute atomic E-state index is 11.7. The molecule has 90 valence electrons. The van der Waals surface area contributed by atoms with Crippen molar-refractivity contribution in [1.82, 2.24) is 9.97 Å². The Hall–Kier alpha value is -2.48. The largest absolute Gasteiger partial charge is 0.369 e. The predicted octanol–water partition coefficient (Wildman–Crippen LogP) is 1.63. The van der Waals surface area contributed by atoms with Crippen molar-refractivity contribution in [2.24, 2.45) is 0 Å². The lowest BCUT2D eigenvalue weighted by Gasteiger charge is -1.94. The molecule has 0 unspecified atom stereocenters. The van der Waals surface area contributed by atoms with E-state index in [1.54, 1.807) is 6.07 Å². The smallest absolute Gasteiger partial charge is 0.270 e. The van der Waals surface area contributed by atoms with E-state index in [4.69, 9.17) is 5.73 Å². The van der Waals surface area contributed by atoms with Gasteiger partial charge in [-0.05, 0) is 6.07 Å². The van der Waals surface area contributed by atoms with E-state index in [1.165, 1.54) is 23.5 Å². The summed E-state index contributed by atoms with van der Waals surface area (Å²) in [6, 6.07) is 4.41. The number of H-pyrrole nitrogens is 1. The second-order valence-corrected chi connectivity index (χ2v) is 4.72. The average molecular weight is 262 g/mol. The van der Waals surface area contributed by atoms with E-state index >= 15 is 0 Å². The minimum atomic E-state index is -0.487. The lowest BCUT2D eigenvalue weighted by Crippen LogP contribution is -2.09. The number of nitrogens with one attached hydrogen (secondary N) is 1. The summed E-state index contributed by atoms with van der Waals surface area (Å²) in [5.74, 6) is -0.00120. The Morgan fingerprint density at radius 1 is 1.44 bits per heavy atom. The molecule has 0 fully saturated rings. The van der Waals surface area contributed by atoms with Crippen molar-refractivity contribution in [1.29, 1.82) is 0 Å². The van der Waals surface area contributed by atoms with Crippen molar-refractivity contribution in [3.05, 3.63) is 38.7 Å². The van der Waals surface area contributed by atoms with Gasteiger partial charge in [-0.15, -0.1) is 11.3 Å². The highest BCUT2D eigenvalue weighted by Crippen LogP contribution is 2.32. The molecule has 2 heterocycles. The van der Waals surface area contributed by atoms with Crippen LogP contribution in [0.1, 0.15) is 0 Å². The molecule has 3 N–H and O–H groups in total. The molecule has 0 saturated carbocycles. The van der Waals surface area contributed by atoms with Crippen LogP contribution in [0, 0.1) is 10.1 Å². The monoisotopic (exact) mass is 262 g/mol. The number of nitro benzene ring substituents is 1. The maximum Gasteiger partial charge on any atom is 0.270 e. The first-order valence-corrected chi connectivity index (χ1v) is 5.74. The zero-order valence-corrected chi connectivity index (χ0v) is 9.65. The molecule has 0 aliphatic carbocycles. The van der Waals surface area contributed by atoms with Gasteiger partial charge >= 0.3 is 0 Å². The summed E-state index contributed by atoms with van der Waals surface area (Å²) in [5.41, 5.74) is 5.51. The standard InChI is InChI=1S/C10H6N4O3S/c11-10-12-7-5-3-4(14(16)17)1-2-6(5)18-8(7)9(15)13-10/h1-3H,(H3,11,12,13,15). The fourth-order valence-electron chi connectivity index (χ4n) is 1.77. The van der Waals surface area contributed by atoms with Crippen LogP contribution in [0.5, 0.6) is 0 Å². The van der Waals surface area contributed by atoms with Crippen molar-refractivity contribution in [2.45, 2.75) is 0 Å². The van der Waals surface area contributed by atoms with Gasteiger partial charge in [0.2, 0.25) is 5.95 Å². The number of nitro groups is 1. The van der Waals surface area contributed by atoms with Crippen LogP contribution >= 0.6 is 11.3 Å². The molecule has 0 aliphatic heterocycles. The number of hydrogen-bond donors (Lipinski definition) is 2. The van der Waals surface area contributed by atoms with E-state index in [9.17, 15) is 14.9 Å². The molecule has 0 amide bonds. The molecular weight excluding hydrogens is 256 g/mol. The van der Waals surface area contributed by atoms with E-state index in [0.29, 0.717) is 15.6 Å². The zero-order valence-electron chi connectivity index (χ0n) is 8.84. The van der Waals surface area contributed by atoms with Crippen molar-refractivity contribution < 1.29 is 4.92 Å². The van der Waals surface area contributed by atoms with E-state index in [2.05, 4.69) is 9.97 Å². The van der Waals surface area contributed by atoms with E-state index < -0.39 is 4.92 Å². The number of aromatic nitrogens is 2. The molecule has 0 saturated heterocycles. The van der Waals surface area contributed by atoms with E-state index in [1.807, 2.05) is 0 Å². The van der Waals surface area contributed by atoms with Crippen molar-refractivity contribution in [2.75, 3.05) is 5.73 Å². The first-order chi connectivity index (χ1) is 8.56. The van der Waals surface area contributed by atoms with Crippen LogP contribution < -0.4 is 11.3 Å². The number of benzene rings is 1. The number of fused-ring (bicyclic) bond motifs is 3. The molecule has 7 nitrogen and oxygen atoms in total. The lowest BCUT2D eigenvalue weighted by molar-refractivity contribution is -0.384. The summed E-state index contributed by atoms with van der Waals surface area (Å²) in [5, 5.41) is 11.3. The van der Waals surface area contributed by atoms with Gasteiger partial charge in [0.05, 0.1) is 10.4 Å². The van der Waals surface area contributed by atoms with Gasteiger partial charge in [0, 0.05) is 22.2 Å². The van der Waals surface area contributed by atoms with Gasteiger partial charge in [-0.2, -0.15) is 0 Å². The zero-order chi connectivity index (χ0) is 12.9. The minimum absolute atomic E-state index is 0.00120. The summed E-state index contributed by atoms with van der Waals surface area (Å²) in [7, 11) is 0. The SMILES string of the molecule is Nc1nc2c(sc3ccc([N+](=O)[O-])cc32)c(=O)[nH]1. The molecule has 0 atom stereocenters. The molecule has 3 rings (SSSR count). The topological polar surface area (TPSA) is 115 Å². The van der Waals surface area contributed by atoms with Crippen molar-refractivity contribution >= 4 is 43.3 Å². The summed E-state index contributed by atoms with van der Waals surface area (Å²) < 4.78 is 1.18. The number of anilines is 1. The van der Waals surface area contributed by atoms with Crippen LogP contribution in [0.4, 0.5) is 11.6 Å². The third-order valence-corrected chi connectivity index (χ3v) is 3.70. The van der Waals surface area contributed by atoms with Gasteiger partial charge in [-0.1, -0.05) is 0 Å². The summed E-state index contributed by atoms with van der Waals surface area (Å²) in [4.78, 5) is 28.4. The Morgan fingerprint density at radius 3 is 2.94 bits per heavy atom. The van der Waals surface area contributed by atoms with Crippen LogP contribution in [0.2, 0.25) is 0 Å². The Kier molecular flexibility index (Phi) is 2.08. The van der Waals surface area contributed by atoms with Crippen molar-refractivity contribution in [3.63, 3.8) is 0 Å². The summed E-state index contributed by atoms with van der Waals surface area (Å²) >= 11 is 1.23. The fraction of sp³-hybridized carbons (Fsp3) is 0. The lowest BCUT2D eigenvalue weighted by atomic mass is 10.2. The second-order valence-electron chi connectivity index (χ2n) is 3.67. The Labute approximate surface area is 103 Å². The molecule has 0 bridgehead atoms. The van der Waals surface area contributed by atoms with Crippen molar-refractivity contribution in [3.8, 4) is 0 Å². The summed E-state index contributed by atoms with van der Waals surface area (Å²) in [6.07, 6.45) is 0. The minimum Gasteiger partial charge on any atom is -0.369 e. The third kappa shape index (κ3) is 1.43. The van der Waals surface area contributed by atoms with Crippen LogP contribution in [0.3, 0.4) is 0 Å². The van der Waals surface area contributed by atoms with Gasteiger partial charge in [0.15, 0.2) is 0 Å². The molecular formula is C10H6N4O3S. The number of non-ortho nitro benzene ring substituents is 1. The molecule has 1 aromatic carbocycles. The third-order valence-electron chi connectivity index (χ3n) is 2.54. The van der Waals surface area contributed by atoms with E-state index in [-0.39, 0.29) is 17.2 Å². The molecule has 3 aromatic rings. The Bertz CT molecular complexity index is 851. The van der Waals surface area contributed by atoms with E-state index in [0.717, 1.165) is 4.70 Å². The number of aromatic amines is 1. The number of rotatable bonds is 1. The Morgan fingerprint density at radius 2 is 2.22 bits per heavy atom. The maximum atomic E-state index is 11.7.